The van der Waals surface area contributed by atoms with Crippen molar-refractivity contribution < 1.29 is 18.9 Å². The number of hydrogen-bond acceptors (Lipinski definition) is 4. The number of rotatable bonds is 9. The maximum Gasteiger partial charge on any atom is 0.184 e. The van der Waals surface area contributed by atoms with Gasteiger partial charge in [-0.05, 0) is 28.8 Å². The second kappa shape index (κ2) is 11.4. The molecule has 0 aromatic heterocycles. The lowest BCUT2D eigenvalue weighted by atomic mass is 10.1. The van der Waals surface area contributed by atoms with E-state index in [2.05, 4.69) is 6.08 Å². The Morgan fingerprint density at radius 2 is 1.38 bits per heavy atom. The first-order valence-electron chi connectivity index (χ1n) is 10.8. The largest absolute Gasteiger partial charge is 0.490 e. The van der Waals surface area contributed by atoms with Crippen LogP contribution in [0.1, 0.15) is 16.7 Å². The molecule has 1 aliphatic rings. The van der Waals surface area contributed by atoms with Crippen LogP contribution in [0.2, 0.25) is 0 Å². The Bertz CT molecular complexity index is 1010. The zero-order valence-corrected chi connectivity index (χ0v) is 18.2. The molecule has 4 rings (SSSR count). The third-order valence-corrected chi connectivity index (χ3v) is 5.16. The van der Waals surface area contributed by atoms with Crippen LogP contribution < -0.4 is 0 Å². The Morgan fingerprint density at radius 3 is 2.00 bits per heavy atom. The average Bonchev–Trinajstić information content (AvgIpc) is 2.85. The number of hydrogen-bond donors (Lipinski definition) is 0. The van der Waals surface area contributed by atoms with Crippen molar-refractivity contribution in [1.82, 2.24) is 0 Å². The summed E-state index contributed by atoms with van der Waals surface area (Å²) in [6.45, 7) is 1.34. The molecule has 2 atom stereocenters. The van der Waals surface area contributed by atoms with E-state index in [1.54, 1.807) is 7.11 Å². The van der Waals surface area contributed by atoms with E-state index in [1.807, 2.05) is 97.1 Å². The first-order chi connectivity index (χ1) is 15.8. The van der Waals surface area contributed by atoms with E-state index in [4.69, 9.17) is 18.9 Å². The molecule has 0 N–H and O–H groups in total. The van der Waals surface area contributed by atoms with Crippen molar-refractivity contribution in [2.24, 2.45) is 0 Å². The average molecular weight is 429 g/mol. The van der Waals surface area contributed by atoms with E-state index < -0.39 is 6.29 Å². The fourth-order valence-corrected chi connectivity index (χ4v) is 3.52. The van der Waals surface area contributed by atoms with Crippen LogP contribution in [0, 0.1) is 0 Å². The fraction of sp³-hybridized carbons (Fsp3) is 0.214. The van der Waals surface area contributed by atoms with Crippen molar-refractivity contribution in [2.75, 3.05) is 13.7 Å². The molecule has 0 radical (unpaired) electrons. The van der Waals surface area contributed by atoms with Gasteiger partial charge in [0.2, 0.25) is 0 Å². The summed E-state index contributed by atoms with van der Waals surface area (Å²) >= 11 is 0. The monoisotopic (exact) mass is 428 g/mol. The fourth-order valence-electron chi connectivity index (χ4n) is 3.52. The summed E-state index contributed by atoms with van der Waals surface area (Å²) in [7, 11) is 1.65. The molecule has 4 nitrogen and oxygen atoms in total. The highest BCUT2D eigenvalue weighted by Crippen LogP contribution is 2.28. The molecule has 32 heavy (non-hydrogen) atoms. The second-order valence-electron chi connectivity index (χ2n) is 7.57. The Hall–Kier alpha value is -3.18. The normalized spacial score (nSPS) is 19.5. The van der Waals surface area contributed by atoms with Crippen LogP contribution in [0.5, 0.6) is 0 Å². The highest BCUT2D eigenvalue weighted by atomic mass is 16.7. The lowest BCUT2D eigenvalue weighted by Gasteiger charge is -2.31. The number of benzene rings is 3. The first kappa shape index (κ1) is 22.0. The molecule has 3 aromatic rings. The molecule has 0 aliphatic carbocycles. The third-order valence-electron chi connectivity index (χ3n) is 5.16. The zero-order valence-electron chi connectivity index (χ0n) is 18.2. The van der Waals surface area contributed by atoms with Crippen LogP contribution in [-0.4, -0.2) is 26.1 Å². The SMILES string of the molecule is CO[C@@H]1O[C@H](COCc2ccccc2)C(OCc2ccccc2)=C/C1=C\c1ccccc1. The van der Waals surface area contributed by atoms with Gasteiger partial charge in [0.15, 0.2) is 6.29 Å². The maximum absolute atomic E-state index is 6.25. The molecule has 1 heterocycles. The second-order valence-corrected chi connectivity index (χ2v) is 7.57. The Labute approximate surface area is 189 Å². The van der Waals surface area contributed by atoms with Crippen molar-refractivity contribution in [1.29, 1.82) is 0 Å². The summed E-state index contributed by atoms with van der Waals surface area (Å²) in [5.41, 5.74) is 4.19. The van der Waals surface area contributed by atoms with Gasteiger partial charge in [-0.25, -0.2) is 0 Å². The van der Waals surface area contributed by atoms with Gasteiger partial charge in [-0.15, -0.1) is 0 Å². The Balaban J connectivity index is 1.52. The molecule has 3 aromatic carbocycles. The summed E-state index contributed by atoms with van der Waals surface area (Å²) in [6, 6.07) is 30.3. The predicted molar refractivity (Wildman–Crippen MR) is 126 cm³/mol. The topological polar surface area (TPSA) is 36.9 Å². The molecule has 0 saturated carbocycles. The third kappa shape index (κ3) is 6.17. The molecule has 0 unspecified atom stereocenters. The summed E-state index contributed by atoms with van der Waals surface area (Å²) < 4.78 is 24.1. The highest BCUT2D eigenvalue weighted by Gasteiger charge is 2.30. The molecule has 0 fully saturated rings. The minimum atomic E-state index is -0.496. The van der Waals surface area contributed by atoms with Crippen molar-refractivity contribution >= 4 is 6.08 Å². The summed E-state index contributed by atoms with van der Waals surface area (Å²) in [6.07, 6.45) is 3.22. The van der Waals surface area contributed by atoms with Gasteiger partial charge < -0.3 is 18.9 Å². The van der Waals surface area contributed by atoms with Gasteiger partial charge in [-0.2, -0.15) is 0 Å². The predicted octanol–water partition coefficient (Wildman–Crippen LogP) is 5.76. The Kier molecular flexibility index (Phi) is 7.88. The molecule has 1 aliphatic heterocycles. The number of methoxy groups -OCH3 is 1. The molecule has 164 valence electrons. The van der Waals surface area contributed by atoms with Crippen molar-refractivity contribution in [2.45, 2.75) is 25.6 Å². The van der Waals surface area contributed by atoms with Gasteiger partial charge in [-0.3, -0.25) is 0 Å². The smallest absolute Gasteiger partial charge is 0.184 e. The summed E-state index contributed by atoms with van der Waals surface area (Å²) in [5, 5.41) is 0. The van der Waals surface area contributed by atoms with Gasteiger partial charge >= 0.3 is 0 Å². The van der Waals surface area contributed by atoms with E-state index >= 15 is 0 Å². The molecule has 4 heteroatoms. The van der Waals surface area contributed by atoms with E-state index in [-0.39, 0.29) is 6.10 Å². The van der Waals surface area contributed by atoms with Crippen molar-refractivity contribution in [3.63, 3.8) is 0 Å². The van der Waals surface area contributed by atoms with Crippen molar-refractivity contribution in [3.05, 3.63) is 125 Å². The molecule has 0 spiro atoms. The minimum absolute atomic E-state index is 0.361. The van der Waals surface area contributed by atoms with Gasteiger partial charge in [-0.1, -0.05) is 91.0 Å². The summed E-state index contributed by atoms with van der Waals surface area (Å²) in [4.78, 5) is 0. The van der Waals surface area contributed by atoms with Gasteiger partial charge in [0.25, 0.3) is 0 Å². The number of ether oxygens (including phenoxy) is 4. The van der Waals surface area contributed by atoms with E-state index in [9.17, 15) is 0 Å². The lowest BCUT2D eigenvalue weighted by Crippen LogP contribution is -2.35. The van der Waals surface area contributed by atoms with E-state index in [1.165, 1.54) is 0 Å². The van der Waals surface area contributed by atoms with Crippen LogP contribution in [0.4, 0.5) is 0 Å². The van der Waals surface area contributed by atoms with Crippen LogP contribution in [-0.2, 0) is 32.2 Å². The van der Waals surface area contributed by atoms with E-state index in [0.29, 0.717) is 19.8 Å². The van der Waals surface area contributed by atoms with Crippen LogP contribution >= 0.6 is 0 Å². The van der Waals surface area contributed by atoms with E-state index in [0.717, 1.165) is 28.0 Å². The van der Waals surface area contributed by atoms with Gasteiger partial charge in [0, 0.05) is 12.7 Å². The van der Waals surface area contributed by atoms with Gasteiger partial charge in [0.05, 0.1) is 13.2 Å². The Morgan fingerprint density at radius 1 is 0.781 bits per heavy atom. The molecule has 0 bridgehead atoms. The molecular weight excluding hydrogens is 400 g/mol. The highest BCUT2D eigenvalue weighted by molar-refractivity contribution is 5.57. The first-order valence-corrected chi connectivity index (χ1v) is 10.8. The van der Waals surface area contributed by atoms with Crippen LogP contribution in [0.25, 0.3) is 6.08 Å². The standard InChI is InChI=1S/C28H28O4/c1-29-28-25(17-22-11-5-2-6-12-22)18-26(31-20-24-15-9-4-10-16-24)27(32-28)21-30-19-23-13-7-3-8-14-23/h2-18,27-28H,19-21H2,1H3/b25-17+/t27-,28-/m1/s1. The van der Waals surface area contributed by atoms with Gasteiger partial charge in [0.1, 0.15) is 18.5 Å². The molecule has 0 saturated heterocycles. The summed E-state index contributed by atoms with van der Waals surface area (Å²) in [5.74, 6) is 0.734. The molecule has 0 amide bonds. The van der Waals surface area contributed by atoms with Crippen LogP contribution in [0.3, 0.4) is 0 Å². The maximum atomic E-state index is 6.25. The van der Waals surface area contributed by atoms with Crippen LogP contribution in [0.15, 0.2) is 108 Å². The minimum Gasteiger partial charge on any atom is -0.490 e. The van der Waals surface area contributed by atoms with Crippen molar-refractivity contribution in [3.8, 4) is 0 Å². The quantitative estimate of drug-likeness (QED) is 0.434. The zero-order chi connectivity index (χ0) is 22.0. The lowest BCUT2D eigenvalue weighted by molar-refractivity contribution is -0.155. The molecular formula is C28H28O4.